The van der Waals surface area contributed by atoms with Gasteiger partial charge in [-0.25, -0.2) is 0 Å². The van der Waals surface area contributed by atoms with E-state index in [0.717, 1.165) is 16.8 Å². The Hall–Kier alpha value is -2.87. The average Bonchev–Trinajstić information content (AvgIpc) is 2.94. The zero-order valence-corrected chi connectivity index (χ0v) is 13.0. The first-order chi connectivity index (χ1) is 11.2. The number of amides is 1. The highest BCUT2D eigenvalue weighted by molar-refractivity contribution is 6.00. The van der Waals surface area contributed by atoms with E-state index in [1.54, 1.807) is 0 Å². The number of carbonyl (C=O) groups is 1. The second-order valence-electron chi connectivity index (χ2n) is 5.96. The summed E-state index contributed by atoms with van der Waals surface area (Å²) in [4.78, 5) is 11.6. The van der Waals surface area contributed by atoms with Gasteiger partial charge in [0.2, 0.25) is 5.91 Å². The predicted molar refractivity (Wildman–Crippen MR) is 94.4 cm³/mol. The van der Waals surface area contributed by atoms with Crippen LogP contribution >= 0.6 is 0 Å². The third kappa shape index (κ3) is 2.42. The van der Waals surface area contributed by atoms with Crippen LogP contribution in [0.5, 0.6) is 0 Å². The molecular weight excluding hydrogens is 282 g/mol. The smallest absolute Gasteiger partial charge is 0.228 e. The number of anilines is 1. The van der Waals surface area contributed by atoms with Crippen molar-refractivity contribution in [2.75, 3.05) is 5.32 Å². The summed E-state index contributed by atoms with van der Waals surface area (Å²) < 4.78 is 0. The Morgan fingerprint density at radius 1 is 0.870 bits per heavy atom. The van der Waals surface area contributed by atoms with Crippen LogP contribution in [0.1, 0.15) is 11.1 Å². The molecule has 3 aromatic rings. The third-order valence-corrected chi connectivity index (χ3v) is 4.38. The molecule has 0 spiro atoms. The van der Waals surface area contributed by atoms with Crippen LogP contribution in [0.2, 0.25) is 0 Å². The molecular formula is C21H17NO. The molecule has 0 radical (unpaired) electrons. The van der Waals surface area contributed by atoms with Crippen LogP contribution in [-0.2, 0) is 11.2 Å². The van der Waals surface area contributed by atoms with Crippen LogP contribution in [0.25, 0.3) is 22.3 Å². The van der Waals surface area contributed by atoms with Crippen molar-refractivity contribution in [1.82, 2.24) is 0 Å². The molecule has 1 amide bonds. The van der Waals surface area contributed by atoms with Gasteiger partial charge in [0.25, 0.3) is 0 Å². The quantitative estimate of drug-likeness (QED) is 0.722. The Morgan fingerprint density at radius 3 is 2.52 bits per heavy atom. The van der Waals surface area contributed by atoms with E-state index in [9.17, 15) is 4.79 Å². The zero-order valence-electron chi connectivity index (χ0n) is 13.0. The van der Waals surface area contributed by atoms with Crippen molar-refractivity contribution in [1.29, 1.82) is 0 Å². The van der Waals surface area contributed by atoms with E-state index in [2.05, 4.69) is 66.8 Å². The summed E-state index contributed by atoms with van der Waals surface area (Å²) in [5.41, 5.74) is 8.09. The molecule has 1 aliphatic heterocycles. The maximum absolute atomic E-state index is 11.6. The van der Waals surface area contributed by atoms with E-state index in [4.69, 9.17) is 0 Å². The second-order valence-corrected chi connectivity index (χ2v) is 5.96. The van der Waals surface area contributed by atoms with Gasteiger partial charge in [0.15, 0.2) is 0 Å². The number of rotatable bonds is 2. The Balaban J connectivity index is 1.90. The molecule has 0 bridgehead atoms. The molecule has 0 unspecified atom stereocenters. The van der Waals surface area contributed by atoms with E-state index >= 15 is 0 Å². The van der Waals surface area contributed by atoms with Gasteiger partial charge in [-0.15, -0.1) is 0 Å². The topological polar surface area (TPSA) is 29.1 Å². The van der Waals surface area contributed by atoms with Crippen molar-refractivity contribution in [3.05, 3.63) is 77.9 Å². The Bertz CT molecular complexity index is 897. The molecule has 0 atom stereocenters. The van der Waals surface area contributed by atoms with Gasteiger partial charge in [0.05, 0.1) is 6.42 Å². The van der Waals surface area contributed by atoms with Gasteiger partial charge in [-0.3, -0.25) is 4.79 Å². The summed E-state index contributed by atoms with van der Waals surface area (Å²) in [5, 5.41) is 2.90. The molecule has 2 heteroatoms. The van der Waals surface area contributed by atoms with E-state index in [-0.39, 0.29) is 5.91 Å². The van der Waals surface area contributed by atoms with Gasteiger partial charge in [0, 0.05) is 5.69 Å². The van der Waals surface area contributed by atoms with Crippen molar-refractivity contribution in [2.45, 2.75) is 13.3 Å². The first-order valence-corrected chi connectivity index (χ1v) is 7.80. The summed E-state index contributed by atoms with van der Waals surface area (Å²) >= 11 is 0. The minimum absolute atomic E-state index is 0.0743. The minimum Gasteiger partial charge on any atom is -0.326 e. The van der Waals surface area contributed by atoms with Crippen LogP contribution in [0.3, 0.4) is 0 Å². The maximum Gasteiger partial charge on any atom is 0.228 e. The van der Waals surface area contributed by atoms with Gasteiger partial charge in [0.1, 0.15) is 0 Å². The Kier molecular flexibility index (Phi) is 3.23. The second kappa shape index (κ2) is 5.40. The summed E-state index contributed by atoms with van der Waals surface area (Å²) in [6, 6.07) is 23.1. The molecule has 0 aliphatic carbocycles. The number of carbonyl (C=O) groups excluding carboxylic acids is 1. The van der Waals surface area contributed by atoms with Crippen LogP contribution in [0.15, 0.2) is 66.7 Å². The van der Waals surface area contributed by atoms with Crippen molar-refractivity contribution in [2.24, 2.45) is 0 Å². The largest absolute Gasteiger partial charge is 0.326 e. The lowest BCUT2D eigenvalue weighted by molar-refractivity contribution is -0.115. The molecule has 1 heterocycles. The van der Waals surface area contributed by atoms with E-state index < -0.39 is 0 Å². The van der Waals surface area contributed by atoms with Crippen molar-refractivity contribution < 1.29 is 4.79 Å². The lowest BCUT2D eigenvalue weighted by Crippen LogP contribution is -2.03. The number of nitrogens with one attached hydrogen (secondary N) is 1. The van der Waals surface area contributed by atoms with Crippen LogP contribution in [-0.4, -0.2) is 5.91 Å². The highest BCUT2D eigenvalue weighted by Crippen LogP contribution is 2.37. The van der Waals surface area contributed by atoms with E-state index in [0.29, 0.717) is 6.42 Å². The molecule has 112 valence electrons. The summed E-state index contributed by atoms with van der Waals surface area (Å²) in [6.07, 6.45) is 0.468. The Morgan fingerprint density at radius 2 is 1.70 bits per heavy atom. The van der Waals surface area contributed by atoms with Gasteiger partial charge in [-0.1, -0.05) is 54.6 Å². The molecule has 0 aromatic heterocycles. The highest BCUT2D eigenvalue weighted by atomic mass is 16.1. The zero-order chi connectivity index (χ0) is 15.8. The van der Waals surface area contributed by atoms with Crippen molar-refractivity contribution >= 4 is 11.6 Å². The number of hydrogen-bond donors (Lipinski definition) is 1. The van der Waals surface area contributed by atoms with Crippen molar-refractivity contribution in [3.63, 3.8) is 0 Å². The molecule has 3 aromatic carbocycles. The number of benzene rings is 3. The van der Waals surface area contributed by atoms with Crippen LogP contribution in [0.4, 0.5) is 5.69 Å². The first-order valence-electron chi connectivity index (χ1n) is 7.80. The fourth-order valence-corrected chi connectivity index (χ4v) is 3.29. The molecule has 23 heavy (non-hydrogen) atoms. The normalized spacial score (nSPS) is 12.8. The lowest BCUT2D eigenvalue weighted by atomic mass is 9.90. The number of fused-ring (bicyclic) bond motifs is 1. The SMILES string of the molecule is Cc1cccc(-c2ccccc2)c1-c1ccc2c(c1)CC(=O)N2. The number of aryl methyl sites for hydroxylation is 1. The predicted octanol–water partition coefficient (Wildman–Crippen LogP) is 4.82. The average molecular weight is 299 g/mol. The standard InChI is InChI=1S/C21H17NO/c1-14-6-5-9-18(15-7-3-2-4-8-15)21(14)16-10-11-19-17(12-16)13-20(23)22-19/h2-12H,13H2,1H3,(H,22,23). The van der Waals surface area contributed by atoms with Crippen LogP contribution in [0, 0.1) is 6.92 Å². The Labute approximate surface area is 135 Å². The molecule has 2 nitrogen and oxygen atoms in total. The summed E-state index contributed by atoms with van der Waals surface area (Å²) in [6.45, 7) is 2.14. The van der Waals surface area contributed by atoms with Gasteiger partial charge in [-0.05, 0) is 52.4 Å². The molecule has 0 saturated heterocycles. The highest BCUT2D eigenvalue weighted by Gasteiger charge is 2.19. The lowest BCUT2D eigenvalue weighted by Gasteiger charge is -2.14. The van der Waals surface area contributed by atoms with Gasteiger partial charge >= 0.3 is 0 Å². The summed E-state index contributed by atoms with van der Waals surface area (Å²) in [5.74, 6) is 0.0743. The van der Waals surface area contributed by atoms with Crippen molar-refractivity contribution in [3.8, 4) is 22.3 Å². The minimum atomic E-state index is 0.0743. The first kappa shape index (κ1) is 13.8. The molecule has 1 N–H and O–H groups in total. The fraction of sp³-hybridized carbons (Fsp3) is 0.0952. The van der Waals surface area contributed by atoms with Crippen LogP contribution < -0.4 is 5.32 Å². The van der Waals surface area contributed by atoms with Gasteiger partial charge in [-0.2, -0.15) is 0 Å². The number of hydrogen-bond acceptors (Lipinski definition) is 1. The fourth-order valence-electron chi connectivity index (χ4n) is 3.29. The van der Waals surface area contributed by atoms with E-state index in [1.807, 2.05) is 12.1 Å². The van der Waals surface area contributed by atoms with Gasteiger partial charge < -0.3 is 5.32 Å². The summed E-state index contributed by atoms with van der Waals surface area (Å²) in [7, 11) is 0. The maximum atomic E-state index is 11.6. The molecule has 0 saturated carbocycles. The molecule has 1 aliphatic rings. The molecule has 4 rings (SSSR count). The third-order valence-electron chi connectivity index (χ3n) is 4.38. The monoisotopic (exact) mass is 299 g/mol. The van der Waals surface area contributed by atoms with E-state index in [1.165, 1.54) is 22.3 Å². The molecule has 0 fully saturated rings.